The summed E-state index contributed by atoms with van der Waals surface area (Å²) in [5.74, 6) is -0.114. The van der Waals surface area contributed by atoms with Crippen molar-refractivity contribution in [3.8, 4) is 6.07 Å². The van der Waals surface area contributed by atoms with Gasteiger partial charge in [-0.25, -0.2) is 0 Å². The lowest BCUT2D eigenvalue weighted by Crippen LogP contribution is -2.09. The molecule has 3 nitrogen and oxygen atoms in total. The van der Waals surface area contributed by atoms with Crippen LogP contribution in [0.1, 0.15) is 12.8 Å². The van der Waals surface area contributed by atoms with Crippen LogP contribution in [-0.4, -0.2) is 5.91 Å². The Hall–Kier alpha value is -0.610. The van der Waals surface area contributed by atoms with Crippen molar-refractivity contribution in [1.82, 2.24) is 5.09 Å². The van der Waals surface area contributed by atoms with E-state index in [0.717, 1.165) is 0 Å². The van der Waals surface area contributed by atoms with E-state index in [1.54, 1.807) is 0 Å². The van der Waals surface area contributed by atoms with E-state index in [4.69, 9.17) is 5.26 Å². The summed E-state index contributed by atoms with van der Waals surface area (Å²) >= 11 is 0. The molecule has 0 aliphatic carbocycles. The molecule has 8 heavy (non-hydrogen) atoms. The molecule has 0 aromatic rings. The standard InChI is InChI=1S/C4H7N2OP/c5-3-1-2-4(7)6-8/h1-2,8H2,(H,6,7). The maximum absolute atomic E-state index is 10.3. The maximum Gasteiger partial charge on any atom is 0.223 e. The average Bonchev–Trinajstić information content (AvgIpc) is 1.83. The molecule has 0 aliphatic heterocycles. The van der Waals surface area contributed by atoms with Crippen molar-refractivity contribution in [2.45, 2.75) is 12.8 Å². The van der Waals surface area contributed by atoms with E-state index in [-0.39, 0.29) is 5.91 Å². The van der Waals surface area contributed by atoms with Crippen LogP contribution in [0.2, 0.25) is 0 Å². The topological polar surface area (TPSA) is 52.9 Å². The Kier molecular flexibility index (Phi) is 4.20. The number of hydrogen-bond acceptors (Lipinski definition) is 2. The monoisotopic (exact) mass is 130 g/mol. The second-order valence-electron chi connectivity index (χ2n) is 1.23. The highest BCUT2D eigenvalue weighted by molar-refractivity contribution is 7.15. The molecule has 0 radical (unpaired) electrons. The largest absolute Gasteiger partial charge is 0.341 e. The number of nitriles is 1. The molecule has 0 rings (SSSR count). The van der Waals surface area contributed by atoms with Crippen LogP contribution in [0, 0.1) is 11.3 Å². The number of amides is 1. The van der Waals surface area contributed by atoms with E-state index in [2.05, 4.69) is 14.5 Å². The van der Waals surface area contributed by atoms with Gasteiger partial charge in [-0.1, -0.05) is 0 Å². The van der Waals surface area contributed by atoms with Gasteiger partial charge in [0.1, 0.15) is 0 Å². The van der Waals surface area contributed by atoms with Gasteiger partial charge in [-0.2, -0.15) is 5.26 Å². The minimum Gasteiger partial charge on any atom is -0.341 e. The lowest BCUT2D eigenvalue weighted by Gasteiger charge is -1.90. The van der Waals surface area contributed by atoms with Crippen molar-refractivity contribution < 1.29 is 4.79 Å². The fourth-order valence-corrected chi connectivity index (χ4v) is 0.386. The van der Waals surface area contributed by atoms with Crippen molar-refractivity contribution in [2.75, 3.05) is 0 Å². The summed E-state index contributed by atoms with van der Waals surface area (Å²) in [6, 6.07) is 1.86. The molecule has 0 spiro atoms. The fraction of sp³-hybridized carbons (Fsp3) is 0.500. The molecule has 1 unspecified atom stereocenters. The highest BCUT2D eigenvalue weighted by Gasteiger charge is 1.93. The predicted octanol–water partition coefficient (Wildman–Crippen LogP) is 0.196. The normalized spacial score (nSPS) is 7.50. The van der Waals surface area contributed by atoms with Crippen LogP contribution >= 0.6 is 9.39 Å². The Morgan fingerprint density at radius 1 is 1.88 bits per heavy atom. The smallest absolute Gasteiger partial charge is 0.223 e. The highest BCUT2D eigenvalue weighted by Crippen LogP contribution is 1.86. The third kappa shape index (κ3) is 3.58. The minimum absolute atomic E-state index is 0.114. The number of rotatable bonds is 2. The van der Waals surface area contributed by atoms with Crippen LogP contribution in [0.5, 0.6) is 0 Å². The molecule has 0 fully saturated rings. The van der Waals surface area contributed by atoms with Gasteiger partial charge >= 0.3 is 0 Å². The van der Waals surface area contributed by atoms with E-state index < -0.39 is 0 Å². The number of nitrogens with one attached hydrogen (secondary N) is 1. The molecule has 4 heteroatoms. The van der Waals surface area contributed by atoms with Crippen molar-refractivity contribution in [1.29, 1.82) is 5.26 Å². The van der Waals surface area contributed by atoms with Crippen LogP contribution in [0.25, 0.3) is 0 Å². The van der Waals surface area contributed by atoms with Crippen LogP contribution in [0.3, 0.4) is 0 Å². The summed E-state index contributed by atoms with van der Waals surface area (Å²) < 4.78 is 0. The quantitative estimate of drug-likeness (QED) is 0.542. The Balaban J connectivity index is 3.15. The Morgan fingerprint density at radius 3 is 2.88 bits per heavy atom. The predicted molar refractivity (Wildman–Crippen MR) is 32.7 cm³/mol. The molecule has 0 saturated heterocycles. The van der Waals surface area contributed by atoms with Gasteiger partial charge in [-0.05, 0) is 9.39 Å². The number of nitrogens with zero attached hydrogens (tertiary/aromatic N) is 1. The Bertz CT molecular complexity index is 118. The number of hydrogen-bond donors (Lipinski definition) is 1. The highest BCUT2D eigenvalue weighted by atomic mass is 31.0. The SMILES string of the molecule is N#CCCC(=O)NP. The van der Waals surface area contributed by atoms with E-state index in [1.807, 2.05) is 6.07 Å². The van der Waals surface area contributed by atoms with Gasteiger partial charge in [0.25, 0.3) is 0 Å². The van der Waals surface area contributed by atoms with Crippen molar-refractivity contribution >= 4 is 15.3 Å². The molecule has 0 bridgehead atoms. The summed E-state index contributed by atoms with van der Waals surface area (Å²) in [7, 11) is 2.08. The first kappa shape index (κ1) is 7.39. The second-order valence-corrected chi connectivity index (χ2v) is 1.51. The number of carbonyl (C=O) groups excluding carboxylic acids is 1. The van der Waals surface area contributed by atoms with Gasteiger partial charge in [0, 0.05) is 12.8 Å². The van der Waals surface area contributed by atoms with Gasteiger partial charge in [0.15, 0.2) is 0 Å². The van der Waals surface area contributed by atoms with E-state index in [9.17, 15) is 4.79 Å². The van der Waals surface area contributed by atoms with Crippen LogP contribution in [0.4, 0.5) is 0 Å². The Morgan fingerprint density at radius 2 is 2.50 bits per heavy atom. The third-order valence-corrected chi connectivity index (χ3v) is 0.947. The molecule has 0 heterocycles. The van der Waals surface area contributed by atoms with Gasteiger partial charge < -0.3 is 5.09 Å². The van der Waals surface area contributed by atoms with E-state index >= 15 is 0 Å². The fourth-order valence-electron chi connectivity index (χ4n) is 0.242. The third-order valence-electron chi connectivity index (χ3n) is 0.625. The molecular weight excluding hydrogens is 123 g/mol. The van der Waals surface area contributed by atoms with E-state index in [1.165, 1.54) is 0 Å². The minimum atomic E-state index is -0.114. The summed E-state index contributed by atoms with van der Waals surface area (Å²) in [6.45, 7) is 0. The zero-order chi connectivity index (χ0) is 6.41. The van der Waals surface area contributed by atoms with Crippen molar-refractivity contribution in [3.63, 3.8) is 0 Å². The molecule has 0 saturated carbocycles. The van der Waals surface area contributed by atoms with Crippen LogP contribution in [-0.2, 0) is 4.79 Å². The molecule has 0 aliphatic rings. The molecule has 0 aromatic heterocycles. The van der Waals surface area contributed by atoms with Crippen LogP contribution < -0.4 is 5.09 Å². The summed E-state index contributed by atoms with van der Waals surface area (Å²) in [5, 5.41) is 10.3. The first-order chi connectivity index (χ1) is 3.81. The molecule has 0 aromatic carbocycles. The lowest BCUT2D eigenvalue weighted by atomic mass is 10.3. The lowest BCUT2D eigenvalue weighted by molar-refractivity contribution is -0.119. The first-order valence-electron chi connectivity index (χ1n) is 2.17. The van der Waals surface area contributed by atoms with Crippen molar-refractivity contribution in [3.05, 3.63) is 0 Å². The zero-order valence-corrected chi connectivity index (χ0v) is 5.50. The van der Waals surface area contributed by atoms with Gasteiger partial charge in [0.2, 0.25) is 5.91 Å². The molecule has 1 atom stereocenters. The summed E-state index contributed by atoms with van der Waals surface area (Å²) in [5.41, 5.74) is 0. The van der Waals surface area contributed by atoms with Gasteiger partial charge in [0.05, 0.1) is 6.07 Å². The van der Waals surface area contributed by atoms with Crippen molar-refractivity contribution in [2.24, 2.45) is 0 Å². The number of carbonyl (C=O) groups is 1. The summed E-state index contributed by atoms with van der Waals surface area (Å²) in [4.78, 5) is 10.3. The Labute approximate surface area is 50.3 Å². The maximum atomic E-state index is 10.3. The average molecular weight is 130 g/mol. The molecule has 1 N–H and O–H groups in total. The first-order valence-corrected chi connectivity index (χ1v) is 2.75. The van der Waals surface area contributed by atoms with E-state index in [0.29, 0.717) is 12.8 Å². The van der Waals surface area contributed by atoms with Gasteiger partial charge in [-0.3, -0.25) is 4.79 Å². The molecule has 44 valence electrons. The van der Waals surface area contributed by atoms with Gasteiger partial charge in [-0.15, -0.1) is 0 Å². The summed E-state index contributed by atoms with van der Waals surface area (Å²) in [6.07, 6.45) is 0.584. The molecular formula is C4H7N2OP. The van der Waals surface area contributed by atoms with Crippen LogP contribution in [0.15, 0.2) is 0 Å². The zero-order valence-electron chi connectivity index (χ0n) is 4.35. The second kappa shape index (κ2) is 4.55. The molecule has 1 amide bonds.